The Bertz CT molecular complexity index is 354. The average Bonchev–Trinajstić information content (AvgIpc) is 2.87. The highest BCUT2D eigenvalue weighted by atomic mass is 32.1. The molecular weight excluding hydrogens is 220 g/mol. The molecule has 0 aliphatic carbocycles. The summed E-state index contributed by atoms with van der Waals surface area (Å²) in [6.07, 6.45) is 7.13. The summed E-state index contributed by atoms with van der Waals surface area (Å²) in [5, 5.41) is 10.6. The minimum atomic E-state index is -0.474. The van der Waals surface area contributed by atoms with Gasteiger partial charge in [-0.1, -0.05) is 0 Å². The molecule has 1 N–H and O–H groups in total. The van der Waals surface area contributed by atoms with Crippen LogP contribution >= 0.6 is 11.3 Å². The van der Waals surface area contributed by atoms with Crippen molar-refractivity contribution >= 4 is 11.3 Å². The van der Waals surface area contributed by atoms with Gasteiger partial charge in [-0.05, 0) is 32.2 Å². The largest absolute Gasteiger partial charge is 0.389 e. The number of fused-ring (bicyclic) bond motifs is 1. The van der Waals surface area contributed by atoms with E-state index in [1.54, 1.807) is 11.3 Å². The first-order valence-corrected chi connectivity index (χ1v) is 6.97. The van der Waals surface area contributed by atoms with Crippen molar-refractivity contribution in [2.45, 2.75) is 43.7 Å². The lowest BCUT2D eigenvalue weighted by Gasteiger charge is -2.40. The Morgan fingerprint density at radius 3 is 3.31 bits per heavy atom. The Kier molecular flexibility index (Phi) is 2.73. The Balaban J connectivity index is 1.69. The molecule has 0 radical (unpaired) electrons. The molecule has 2 aliphatic rings. The molecule has 4 heteroatoms. The van der Waals surface area contributed by atoms with Crippen molar-refractivity contribution in [3.05, 3.63) is 16.6 Å². The zero-order chi connectivity index (χ0) is 11.0. The number of hydrogen-bond donors (Lipinski definition) is 1. The third kappa shape index (κ3) is 2.01. The van der Waals surface area contributed by atoms with Crippen molar-refractivity contribution in [3.8, 4) is 0 Å². The highest BCUT2D eigenvalue weighted by Gasteiger charge is 2.40. The zero-order valence-corrected chi connectivity index (χ0v) is 10.2. The van der Waals surface area contributed by atoms with Gasteiger partial charge >= 0.3 is 0 Å². The first-order chi connectivity index (χ1) is 7.75. The van der Waals surface area contributed by atoms with Crippen LogP contribution in [0, 0.1) is 0 Å². The normalized spacial score (nSPS) is 35.2. The van der Waals surface area contributed by atoms with Gasteiger partial charge in [0.1, 0.15) is 0 Å². The van der Waals surface area contributed by atoms with Crippen LogP contribution in [0.15, 0.2) is 11.7 Å². The highest BCUT2D eigenvalue weighted by molar-refractivity contribution is 7.09. The van der Waals surface area contributed by atoms with Crippen LogP contribution in [0.3, 0.4) is 0 Å². The molecule has 2 saturated heterocycles. The summed E-state index contributed by atoms with van der Waals surface area (Å²) >= 11 is 1.66. The van der Waals surface area contributed by atoms with Gasteiger partial charge in [-0.25, -0.2) is 0 Å². The standard InChI is InChI=1S/C12H18N2OS/c15-12(7-11-8-13-9-16-11)3-5-14-4-1-2-10(14)6-12/h8-10,15H,1-7H2. The van der Waals surface area contributed by atoms with Crippen molar-refractivity contribution < 1.29 is 5.11 Å². The topological polar surface area (TPSA) is 36.4 Å². The molecule has 16 heavy (non-hydrogen) atoms. The number of nitrogens with zero attached hydrogens (tertiary/aromatic N) is 2. The second kappa shape index (κ2) is 4.09. The summed E-state index contributed by atoms with van der Waals surface area (Å²) in [7, 11) is 0. The molecule has 1 aromatic heterocycles. The Labute approximate surface area is 100 Å². The van der Waals surface area contributed by atoms with Crippen molar-refractivity contribution in [1.29, 1.82) is 0 Å². The zero-order valence-electron chi connectivity index (χ0n) is 9.43. The van der Waals surface area contributed by atoms with E-state index in [4.69, 9.17) is 0 Å². The van der Waals surface area contributed by atoms with Crippen molar-refractivity contribution in [2.24, 2.45) is 0 Å². The fourth-order valence-electron chi connectivity index (χ4n) is 3.13. The van der Waals surface area contributed by atoms with Crippen molar-refractivity contribution in [2.75, 3.05) is 13.1 Å². The molecule has 88 valence electrons. The van der Waals surface area contributed by atoms with Crippen LogP contribution < -0.4 is 0 Å². The second-order valence-electron chi connectivity index (χ2n) is 5.16. The molecule has 0 saturated carbocycles. The summed E-state index contributed by atoms with van der Waals surface area (Å²) < 4.78 is 0. The third-order valence-electron chi connectivity index (χ3n) is 3.97. The van der Waals surface area contributed by atoms with Gasteiger partial charge in [-0.3, -0.25) is 4.98 Å². The summed E-state index contributed by atoms with van der Waals surface area (Å²) in [6, 6.07) is 0.631. The lowest BCUT2D eigenvalue weighted by Crippen LogP contribution is -2.48. The molecule has 2 unspecified atom stereocenters. The monoisotopic (exact) mass is 238 g/mol. The third-order valence-corrected chi connectivity index (χ3v) is 4.75. The number of piperidine rings is 1. The van der Waals surface area contributed by atoms with Crippen LogP contribution in [0.25, 0.3) is 0 Å². The predicted molar refractivity (Wildman–Crippen MR) is 64.6 cm³/mol. The van der Waals surface area contributed by atoms with Gasteiger partial charge in [0.25, 0.3) is 0 Å². The molecule has 2 atom stereocenters. The van der Waals surface area contributed by atoms with Crippen molar-refractivity contribution in [3.63, 3.8) is 0 Å². The van der Waals surface area contributed by atoms with E-state index >= 15 is 0 Å². The maximum absolute atomic E-state index is 10.6. The van der Waals surface area contributed by atoms with Crippen molar-refractivity contribution in [1.82, 2.24) is 9.88 Å². The van der Waals surface area contributed by atoms with Gasteiger partial charge in [-0.2, -0.15) is 0 Å². The predicted octanol–water partition coefficient (Wildman–Crippen LogP) is 1.67. The molecule has 0 spiro atoms. The summed E-state index contributed by atoms with van der Waals surface area (Å²) in [5.74, 6) is 0. The number of thiazole rings is 1. The number of hydrogen-bond acceptors (Lipinski definition) is 4. The fraction of sp³-hybridized carbons (Fsp3) is 0.750. The van der Waals surface area contributed by atoms with E-state index in [9.17, 15) is 5.11 Å². The van der Waals surface area contributed by atoms with Crippen LogP contribution in [-0.2, 0) is 6.42 Å². The number of aliphatic hydroxyl groups is 1. The van der Waals surface area contributed by atoms with Gasteiger partial charge in [0.2, 0.25) is 0 Å². The van der Waals surface area contributed by atoms with E-state index in [1.165, 1.54) is 24.3 Å². The molecule has 3 rings (SSSR count). The summed E-state index contributed by atoms with van der Waals surface area (Å²) in [6.45, 7) is 2.31. The van der Waals surface area contributed by atoms with Gasteiger partial charge in [0.15, 0.2) is 0 Å². The molecule has 0 amide bonds. The molecule has 2 fully saturated rings. The fourth-order valence-corrected chi connectivity index (χ4v) is 3.86. The van der Waals surface area contributed by atoms with E-state index in [0.29, 0.717) is 6.04 Å². The lowest BCUT2D eigenvalue weighted by atomic mass is 9.84. The highest BCUT2D eigenvalue weighted by Crippen LogP contribution is 2.35. The minimum absolute atomic E-state index is 0.474. The Morgan fingerprint density at radius 2 is 2.50 bits per heavy atom. The van der Waals surface area contributed by atoms with Gasteiger partial charge in [0, 0.05) is 30.1 Å². The Morgan fingerprint density at radius 1 is 1.56 bits per heavy atom. The van der Waals surface area contributed by atoms with Crippen LogP contribution in [0.4, 0.5) is 0 Å². The molecule has 2 aliphatic heterocycles. The smallest absolute Gasteiger partial charge is 0.0794 e. The van der Waals surface area contributed by atoms with Crippen LogP contribution in [0.1, 0.15) is 30.6 Å². The maximum Gasteiger partial charge on any atom is 0.0794 e. The first-order valence-electron chi connectivity index (χ1n) is 6.09. The van der Waals surface area contributed by atoms with Crippen LogP contribution in [0.5, 0.6) is 0 Å². The van der Waals surface area contributed by atoms with Gasteiger partial charge in [0.05, 0.1) is 11.1 Å². The van der Waals surface area contributed by atoms with Crippen LogP contribution in [0.2, 0.25) is 0 Å². The first kappa shape index (κ1) is 10.7. The van der Waals surface area contributed by atoms with E-state index in [1.807, 2.05) is 11.7 Å². The van der Waals surface area contributed by atoms with E-state index < -0.39 is 5.60 Å². The second-order valence-corrected chi connectivity index (χ2v) is 6.13. The van der Waals surface area contributed by atoms with E-state index in [2.05, 4.69) is 9.88 Å². The molecule has 3 heterocycles. The maximum atomic E-state index is 10.6. The van der Waals surface area contributed by atoms with Gasteiger partial charge in [-0.15, -0.1) is 11.3 Å². The Hall–Kier alpha value is -0.450. The molecule has 3 nitrogen and oxygen atoms in total. The molecule has 1 aromatic rings. The molecule has 0 bridgehead atoms. The van der Waals surface area contributed by atoms with E-state index in [0.717, 1.165) is 25.8 Å². The van der Waals surface area contributed by atoms with E-state index in [-0.39, 0.29) is 0 Å². The summed E-state index contributed by atoms with van der Waals surface area (Å²) in [5.41, 5.74) is 1.38. The molecular formula is C12H18N2OS. The lowest BCUT2D eigenvalue weighted by molar-refractivity contribution is -0.0348. The van der Waals surface area contributed by atoms with Crippen LogP contribution in [-0.4, -0.2) is 39.7 Å². The number of aromatic nitrogens is 1. The summed E-state index contributed by atoms with van der Waals surface area (Å²) in [4.78, 5) is 7.84. The quantitative estimate of drug-likeness (QED) is 0.851. The van der Waals surface area contributed by atoms with Gasteiger partial charge < -0.3 is 10.0 Å². The average molecular weight is 238 g/mol. The molecule has 0 aromatic carbocycles. The number of rotatable bonds is 2. The minimum Gasteiger partial charge on any atom is -0.389 e. The SMILES string of the molecule is OC1(Cc2cncs2)CCN2CCCC2C1.